The summed E-state index contributed by atoms with van der Waals surface area (Å²) in [7, 11) is -1.46. The third kappa shape index (κ3) is 2.35. The number of furan rings is 1. The summed E-state index contributed by atoms with van der Waals surface area (Å²) in [6.45, 7) is 6.88. The number of hydrogen-bond acceptors (Lipinski definition) is 3. The maximum absolute atomic E-state index is 6.14. The first-order valence-electron chi connectivity index (χ1n) is 7.78. The van der Waals surface area contributed by atoms with Gasteiger partial charge in [0.05, 0.1) is 5.69 Å². The Morgan fingerprint density at radius 2 is 1.74 bits per heavy atom. The first-order chi connectivity index (χ1) is 11.0. The molecule has 4 rings (SSSR count). The fourth-order valence-corrected chi connectivity index (χ4v) is 3.84. The van der Waals surface area contributed by atoms with Crippen molar-refractivity contribution in [2.24, 2.45) is 0 Å². The molecule has 3 nitrogen and oxygen atoms in total. The minimum Gasteiger partial charge on any atom is -0.437 e. The minimum atomic E-state index is -1.46. The van der Waals surface area contributed by atoms with E-state index in [1.807, 2.05) is 30.3 Å². The lowest BCUT2D eigenvalue weighted by Gasteiger charge is -2.14. The number of aromatic nitrogens is 2. The molecule has 4 heteroatoms. The summed E-state index contributed by atoms with van der Waals surface area (Å²) < 4.78 is 6.14. The third-order valence-electron chi connectivity index (χ3n) is 4.07. The Hall–Kier alpha value is -2.46. The van der Waals surface area contributed by atoms with Gasteiger partial charge in [0.2, 0.25) is 5.71 Å². The van der Waals surface area contributed by atoms with Crippen LogP contribution >= 0.6 is 0 Å². The summed E-state index contributed by atoms with van der Waals surface area (Å²) in [6, 6.07) is 16.4. The van der Waals surface area contributed by atoms with E-state index in [9.17, 15) is 0 Å². The zero-order valence-corrected chi connectivity index (χ0v) is 14.5. The highest BCUT2D eigenvalue weighted by Crippen LogP contribution is 2.33. The molecule has 114 valence electrons. The zero-order valence-electron chi connectivity index (χ0n) is 13.5. The van der Waals surface area contributed by atoms with E-state index in [2.05, 4.69) is 42.8 Å². The second-order valence-corrected chi connectivity index (χ2v) is 11.8. The molecular weight excluding hydrogens is 300 g/mol. The quantitative estimate of drug-likeness (QED) is 0.507. The molecule has 3 aromatic heterocycles. The summed E-state index contributed by atoms with van der Waals surface area (Å²) in [5.74, 6) is 0. The van der Waals surface area contributed by atoms with E-state index >= 15 is 0 Å². The largest absolute Gasteiger partial charge is 0.437 e. The molecule has 0 amide bonds. The highest BCUT2D eigenvalue weighted by molar-refractivity contribution is 6.88. The average Bonchev–Trinajstić information content (AvgIpc) is 2.92. The van der Waals surface area contributed by atoms with Gasteiger partial charge in [-0.2, -0.15) is 0 Å². The van der Waals surface area contributed by atoms with Crippen LogP contribution < -0.4 is 5.32 Å². The van der Waals surface area contributed by atoms with Crippen molar-refractivity contribution in [3.05, 3.63) is 54.7 Å². The maximum Gasteiger partial charge on any atom is 0.227 e. The van der Waals surface area contributed by atoms with Crippen molar-refractivity contribution in [1.29, 1.82) is 0 Å². The topological polar surface area (TPSA) is 38.9 Å². The van der Waals surface area contributed by atoms with E-state index in [0.29, 0.717) is 0 Å². The van der Waals surface area contributed by atoms with Crippen LogP contribution in [0.2, 0.25) is 19.6 Å². The Labute approximate surface area is 136 Å². The molecule has 0 fully saturated rings. The van der Waals surface area contributed by atoms with Crippen LogP contribution in [-0.2, 0) is 0 Å². The molecule has 0 spiro atoms. The van der Waals surface area contributed by atoms with Gasteiger partial charge in [0, 0.05) is 27.8 Å². The molecule has 23 heavy (non-hydrogen) atoms. The normalized spacial score (nSPS) is 12.1. The van der Waals surface area contributed by atoms with Crippen LogP contribution in [0.1, 0.15) is 0 Å². The number of para-hydroxylation sites is 1. The number of pyridine rings is 2. The molecule has 0 aliphatic heterocycles. The number of fused-ring (bicyclic) bond motifs is 3. The maximum atomic E-state index is 6.14. The summed E-state index contributed by atoms with van der Waals surface area (Å²) in [5.41, 5.74) is 3.52. The Kier molecular flexibility index (Phi) is 3.09. The highest BCUT2D eigenvalue weighted by Gasteiger charge is 2.20. The summed E-state index contributed by atoms with van der Waals surface area (Å²) in [5, 5.41) is 3.33. The monoisotopic (exact) mass is 318 g/mol. The van der Waals surface area contributed by atoms with Crippen molar-refractivity contribution >= 4 is 35.5 Å². The standard InChI is InChI=1S/C19H18N2OSi/c1-23(2,3)17-11-10-14-13-7-6-8-15(16-9-4-5-12-20-16)18(13)22-19(14)21-17/h4-12H,1-3H3. The van der Waals surface area contributed by atoms with Gasteiger partial charge in [-0.25, -0.2) is 4.98 Å². The van der Waals surface area contributed by atoms with Crippen LogP contribution in [0.5, 0.6) is 0 Å². The van der Waals surface area contributed by atoms with Crippen molar-refractivity contribution in [1.82, 2.24) is 9.97 Å². The SMILES string of the molecule is C[Si](C)(C)c1ccc2c(n1)oc1c(-c3ccccn3)cccc12. The van der Waals surface area contributed by atoms with Crippen molar-refractivity contribution < 1.29 is 4.42 Å². The number of rotatable bonds is 2. The van der Waals surface area contributed by atoms with Gasteiger partial charge in [-0.15, -0.1) is 0 Å². The van der Waals surface area contributed by atoms with Crippen LogP contribution in [0.4, 0.5) is 0 Å². The Morgan fingerprint density at radius 3 is 2.48 bits per heavy atom. The molecule has 0 atom stereocenters. The van der Waals surface area contributed by atoms with Gasteiger partial charge in [0.25, 0.3) is 0 Å². The average molecular weight is 318 g/mol. The molecule has 0 saturated carbocycles. The molecule has 0 N–H and O–H groups in total. The summed E-state index contributed by atoms with van der Waals surface area (Å²) >= 11 is 0. The molecule has 0 aliphatic rings. The Bertz CT molecular complexity index is 1000. The molecule has 0 bridgehead atoms. The lowest BCUT2D eigenvalue weighted by Crippen LogP contribution is -2.39. The van der Waals surface area contributed by atoms with Crippen molar-refractivity contribution in [2.75, 3.05) is 0 Å². The van der Waals surface area contributed by atoms with Gasteiger partial charge in [0.1, 0.15) is 13.7 Å². The molecule has 0 radical (unpaired) electrons. The number of hydrogen-bond donors (Lipinski definition) is 0. The van der Waals surface area contributed by atoms with E-state index in [4.69, 9.17) is 9.40 Å². The predicted octanol–water partition coefficient (Wildman–Crippen LogP) is 4.59. The van der Waals surface area contributed by atoms with E-state index in [1.165, 1.54) is 5.32 Å². The molecule has 3 heterocycles. The van der Waals surface area contributed by atoms with Gasteiger partial charge >= 0.3 is 0 Å². The molecule has 0 aliphatic carbocycles. The second kappa shape index (κ2) is 5.03. The number of benzene rings is 1. The van der Waals surface area contributed by atoms with E-state index in [0.717, 1.165) is 33.3 Å². The first kappa shape index (κ1) is 14.1. The molecule has 1 aromatic carbocycles. The van der Waals surface area contributed by atoms with Crippen molar-refractivity contribution in [2.45, 2.75) is 19.6 Å². The van der Waals surface area contributed by atoms with Gasteiger partial charge in [-0.1, -0.05) is 37.8 Å². The van der Waals surface area contributed by atoms with Crippen LogP contribution in [0.15, 0.2) is 59.1 Å². The Morgan fingerprint density at radius 1 is 0.870 bits per heavy atom. The van der Waals surface area contributed by atoms with Crippen LogP contribution in [-0.4, -0.2) is 18.0 Å². The van der Waals surface area contributed by atoms with Crippen LogP contribution in [0, 0.1) is 0 Å². The lowest BCUT2D eigenvalue weighted by atomic mass is 10.1. The van der Waals surface area contributed by atoms with Crippen molar-refractivity contribution in [3.8, 4) is 11.3 Å². The smallest absolute Gasteiger partial charge is 0.227 e. The van der Waals surface area contributed by atoms with Gasteiger partial charge in [-0.05, 0) is 30.3 Å². The molecule has 0 unspecified atom stereocenters. The zero-order chi connectivity index (χ0) is 16.0. The number of nitrogens with zero attached hydrogens (tertiary/aromatic N) is 2. The van der Waals surface area contributed by atoms with E-state index in [-0.39, 0.29) is 0 Å². The van der Waals surface area contributed by atoms with E-state index in [1.54, 1.807) is 6.20 Å². The fraction of sp³-hybridized carbons (Fsp3) is 0.158. The predicted molar refractivity (Wildman–Crippen MR) is 97.7 cm³/mol. The fourth-order valence-electron chi connectivity index (χ4n) is 2.82. The minimum absolute atomic E-state index is 0.725. The second-order valence-electron chi connectivity index (χ2n) is 6.80. The van der Waals surface area contributed by atoms with Gasteiger partial charge in [0.15, 0.2) is 0 Å². The van der Waals surface area contributed by atoms with E-state index < -0.39 is 8.07 Å². The summed E-state index contributed by atoms with van der Waals surface area (Å²) in [6.07, 6.45) is 1.80. The highest BCUT2D eigenvalue weighted by atomic mass is 28.3. The van der Waals surface area contributed by atoms with Crippen LogP contribution in [0.3, 0.4) is 0 Å². The molecular formula is C19H18N2OSi. The summed E-state index contributed by atoms with van der Waals surface area (Å²) in [4.78, 5) is 9.25. The van der Waals surface area contributed by atoms with Gasteiger partial charge < -0.3 is 4.42 Å². The van der Waals surface area contributed by atoms with Crippen molar-refractivity contribution in [3.63, 3.8) is 0 Å². The lowest BCUT2D eigenvalue weighted by molar-refractivity contribution is 0.656. The third-order valence-corrected chi connectivity index (χ3v) is 5.89. The molecule has 0 saturated heterocycles. The van der Waals surface area contributed by atoms with Gasteiger partial charge in [-0.3, -0.25) is 4.98 Å². The Balaban J connectivity index is 2.01. The first-order valence-corrected chi connectivity index (χ1v) is 11.3. The van der Waals surface area contributed by atoms with Crippen LogP contribution in [0.25, 0.3) is 33.3 Å². The molecule has 4 aromatic rings.